The van der Waals surface area contributed by atoms with Crippen LogP contribution in [0.5, 0.6) is 0 Å². The minimum atomic E-state index is -0.0913. The normalized spacial score (nSPS) is 22.3. The van der Waals surface area contributed by atoms with E-state index >= 15 is 0 Å². The summed E-state index contributed by atoms with van der Waals surface area (Å²) in [5.41, 5.74) is 5.87. The molecule has 0 radical (unpaired) electrons. The highest BCUT2D eigenvalue weighted by Crippen LogP contribution is 2.31. The SMILES string of the molecule is NC(CNC(=O)CN1CCCC1=O)C1CC1. The van der Waals surface area contributed by atoms with E-state index in [2.05, 4.69) is 5.32 Å². The Morgan fingerprint density at radius 1 is 1.56 bits per heavy atom. The van der Waals surface area contributed by atoms with Gasteiger partial charge in [-0.2, -0.15) is 0 Å². The Kier molecular flexibility index (Phi) is 3.43. The molecule has 2 rings (SSSR count). The zero-order valence-corrected chi connectivity index (χ0v) is 9.45. The molecule has 1 unspecified atom stereocenters. The van der Waals surface area contributed by atoms with Crippen molar-refractivity contribution in [1.29, 1.82) is 0 Å². The lowest BCUT2D eigenvalue weighted by atomic mass is 10.2. The van der Waals surface area contributed by atoms with Gasteiger partial charge in [0, 0.05) is 25.6 Å². The van der Waals surface area contributed by atoms with Crippen LogP contribution in [0.1, 0.15) is 25.7 Å². The first-order valence-electron chi connectivity index (χ1n) is 5.97. The molecule has 2 aliphatic rings. The molecule has 2 fully saturated rings. The van der Waals surface area contributed by atoms with Crippen LogP contribution < -0.4 is 11.1 Å². The number of rotatable bonds is 5. The number of amides is 2. The van der Waals surface area contributed by atoms with E-state index in [1.807, 2.05) is 0 Å². The highest BCUT2D eigenvalue weighted by Gasteiger charge is 2.29. The fourth-order valence-electron chi connectivity index (χ4n) is 2.02. The second kappa shape index (κ2) is 4.82. The van der Waals surface area contributed by atoms with Gasteiger partial charge in [-0.15, -0.1) is 0 Å². The Hall–Kier alpha value is -1.10. The van der Waals surface area contributed by atoms with Gasteiger partial charge in [0.25, 0.3) is 0 Å². The third-order valence-corrected chi connectivity index (χ3v) is 3.27. The fraction of sp³-hybridized carbons (Fsp3) is 0.818. The van der Waals surface area contributed by atoms with Crippen LogP contribution in [0.3, 0.4) is 0 Å². The van der Waals surface area contributed by atoms with Crippen molar-refractivity contribution in [2.45, 2.75) is 31.7 Å². The van der Waals surface area contributed by atoms with Crippen molar-refractivity contribution in [2.75, 3.05) is 19.6 Å². The molecule has 0 aromatic rings. The van der Waals surface area contributed by atoms with Crippen molar-refractivity contribution < 1.29 is 9.59 Å². The van der Waals surface area contributed by atoms with Crippen LogP contribution in [0.2, 0.25) is 0 Å². The maximum absolute atomic E-state index is 11.5. The highest BCUT2D eigenvalue weighted by atomic mass is 16.2. The van der Waals surface area contributed by atoms with E-state index in [0.29, 0.717) is 25.4 Å². The number of hydrogen-bond acceptors (Lipinski definition) is 3. The molecule has 1 heterocycles. The van der Waals surface area contributed by atoms with Crippen molar-refractivity contribution in [2.24, 2.45) is 11.7 Å². The lowest BCUT2D eigenvalue weighted by molar-refractivity contribution is -0.133. The molecule has 0 aromatic carbocycles. The van der Waals surface area contributed by atoms with Gasteiger partial charge in [-0.05, 0) is 25.2 Å². The van der Waals surface area contributed by atoms with E-state index in [9.17, 15) is 9.59 Å². The molecule has 1 aliphatic heterocycles. The third-order valence-electron chi connectivity index (χ3n) is 3.27. The minimum Gasteiger partial charge on any atom is -0.353 e. The summed E-state index contributed by atoms with van der Waals surface area (Å²) in [6.07, 6.45) is 3.81. The molecule has 0 aromatic heterocycles. The van der Waals surface area contributed by atoms with Crippen LogP contribution in [0.4, 0.5) is 0 Å². The Labute approximate surface area is 95.3 Å². The van der Waals surface area contributed by atoms with Gasteiger partial charge in [-0.3, -0.25) is 9.59 Å². The smallest absolute Gasteiger partial charge is 0.239 e. The first-order valence-corrected chi connectivity index (χ1v) is 5.97. The van der Waals surface area contributed by atoms with Crippen molar-refractivity contribution in [3.8, 4) is 0 Å². The maximum Gasteiger partial charge on any atom is 0.239 e. The average molecular weight is 225 g/mol. The number of nitrogens with one attached hydrogen (secondary N) is 1. The second-order valence-corrected chi connectivity index (χ2v) is 4.72. The highest BCUT2D eigenvalue weighted by molar-refractivity contribution is 5.85. The topological polar surface area (TPSA) is 75.4 Å². The van der Waals surface area contributed by atoms with Crippen LogP contribution in [0.15, 0.2) is 0 Å². The van der Waals surface area contributed by atoms with Gasteiger partial charge in [0.2, 0.25) is 11.8 Å². The van der Waals surface area contributed by atoms with Gasteiger partial charge in [0.05, 0.1) is 6.54 Å². The molecular formula is C11H19N3O2. The summed E-state index contributed by atoms with van der Waals surface area (Å²) in [5, 5.41) is 2.79. The van der Waals surface area contributed by atoms with Gasteiger partial charge in [0.15, 0.2) is 0 Å². The summed E-state index contributed by atoms with van der Waals surface area (Å²) in [7, 11) is 0. The van der Waals surface area contributed by atoms with Crippen molar-refractivity contribution in [3.05, 3.63) is 0 Å². The van der Waals surface area contributed by atoms with Gasteiger partial charge >= 0.3 is 0 Å². The Balaban J connectivity index is 1.65. The van der Waals surface area contributed by atoms with E-state index in [-0.39, 0.29) is 24.4 Å². The summed E-state index contributed by atoms with van der Waals surface area (Å²) in [6, 6.07) is 0.0817. The number of carbonyl (C=O) groups excluding carboxylic acids is 2. The zero-order chi connectivity index (χ0) is 11.5. The molecule has 0 bridgehead atoms. The molecule has 1 saturated heterocycles. The maximum atomic E-state index is 11.5. The van der Waals surface area contributed by atoms with Crippen LogP contribution in [0.25, 0.3) is 0 Å². The quantitative estimate of drug-likeness (QED) is 0.660. The Bertz CT molecular complexity index is 289. The van der Waals surface area contributed by atoms with Gasteiger partial charge < -0.3 is 16.0 Å². The van der Waals surface area contributed by atoms with Gasteiger partial charge in [0.1, 0.15) is 0 Å². The number of nitrogens with zero attached hydrogens (tertiary/aromatic N) is 1. The predicted molar refractivity (Wildman–Crippen MR) is 59.5 cm³/mol. The molecule has 3 N–H and O–H groups in total. The van der Waals surface area contributed by atoms with E-state index < -0.39 is 0 Å². The molecular weight excluding hydrogens is 206 g/mol. The first kappa shape index (κ1) is 11.4. The van der Waals surface area contributed by atoms with Crippen molar-refractivity contribution >= 4 is 11.8 Å². The number of likely N-dealkylation sites (tertiary alicyclic amines) is 1. The predicted octanol–water partition coefficient (Wildman–Crippen LogP) is -0.538. The summed E-state index contributed by atoms with van der Waals surface area (Å²) >= 11 is 0. The van der Waals surface area contributed by atoms with Gasteiger partial charge in [-0.25, -0.2) is 0 Å². The minimum absolute atomic E-state index is 0.0817. The third kappa shape index (κ3) is 2.95. The van der Waals surface area contributed by atoms with Crippen LogP contribution in [-0.2, 0) is 9.59 Å². The van der Waals surface area contributed by atoms with E-state index in [1.54, 1.807) is 4.90 Å². The lowest BCUT2D eigenvalue weighted by Crippen LogP contribution is -2.43. The summed E-state index contributed by atoms with van der Waals surface area (Å²) in [6.45, 7) is 1.43. The number of nitrogens with two attached hydrogens (primary N) is 1. The molecule has 2 amide bonds. The van der Waals surface area contributed by atoms with Crippen LogP contribution in [0, 0.1) is 5.92 Å². The lowest BCUT2D eigenvalue weighted by Gasteiger charge is -2.16. The van der Waals surface area contributed by atoms with E-state index in [0.717, 1.165) is 6.42 Å². The molecule has 16 heavy (non-hydrogen) atoms. The first-order chi connectivity index (χ1) is 7.66. The standard InChI is InChI=1S/C11H19N3O2/c12-9(8-3-4-8)6-13-10(15)7-14-5-1-2-11(14)16/h8-9H,1-7,12H2,(H,13,15). The molecule has 1 saturated carbocycles. The number of hydrogen-bond donors (Lipinski definition) is 2. The second-order valence-electron chi connectivity index (χ2n) is 4.72. The number of carbonyl (C=O) groups is 2. The Morgan fingerprint density at radius 2 is 2.31 bits per heavy atom. The fourth-order valence-corrected chi connectivity index (χ4v) is 2.02. The molecule has 90 valence electrons. The summed E-state index contributed by atoms with van der Waals surface area (Å²) < 4.78 is 0. The largest absolute Gasteiger partial charge is 0.353 e. The molecule has 1 aliphatic carbocycles. The Morgan fingerprint density at radius 3 is 2.88 bits per heavy atom. The van der Waals surface area contributed by atoms with Crippen molar-refractivity contribution in [3.63, 3.8) is 0 Å². The average Bonchev–Trinajstić information content (AvgIpc) is 3.02. The monoisotopic (exact) mass is 225 g/mol. The van der Waals surface area contributed by atoms with E-state index in [4.69, 9.17) is 5.73 Å². The zero-order valence-electron chi connectivity index (χ0n) is 9.45. The summed E-state index contributed by atoms with van der Waals surface area (Å²) in [5.74, 6) is 0.585. The van der Waals surface area contributed by atoms with Crippen molar-refractivity contribution in [1.82, 2.24) is 10.2 Å². The van der Waals surface area contributed by atoms with Crippen LogP contribution >= 0.6 is 0 Å². The summed E-state index contributed by atoms with van der Waals surface area (Å²) in [4.78, 5) is 24.4. The molecule has 5 nitrogen and oxygen atoms in total. The molecule has 1 atom stereocenters. The molecule has 5 heteroatoms. The van der Waals surface area contributed by atoms with E-state index in [1.165, 1.54) is 12.8 Å². The van der Waals surface area contributed by atoms with Crippen LogP contribution in [-0.4, -0.2) is 42.4 Å². The van der Waals surface area contributed by atoms with Gasteiger partial charge in [-0.1, -0.05) is 0 Å². The molecule has 0 spiro atoms.